The molecule has 3 N–H and O–H groups in total. The van der Waals surface area contributed by atoms with Gasteiger partial charge in [0.05, 0.1) is 16.0 Å². The number of nitrogens with one attached hydrogen (secondary N) is 2. The second-order valence-electron chi connectivity index (χ2n) is 10.5. The van der Waals surface area contributed by atoms with Gasteiger partial charge in [0.1, 0.15) is 17.1 Å². The van der Waals surface area contributed by atoms with Crippen molar-refractivity contribution in [3.05, 3.63) is 28.5 Å². The molecule has 39 heavy (non-hydrogen) atoms. The van der Waals surface area contributed by atoms with Crippen molar-refractivity contribution in [2.75, 3.05) is 18.4 Å². The Kier molecular flexibility index (Phi) is 7.38. The van der Waals surface area contributed by atoms with Crippen molar-refractivity contribution in [2.24, 2.45) is 0 Å². The van der Waals surface area contributed by atoms with Crippen molar-refractivity contribution in [1.82, 2.24) is 20.2 Å². The molecule has 2 fully saturated rings. The number of aliphatic hydroxyl groups is 1. The van der Waals surface area contributed by atoms with Crippen molar-refractivity contribution in [2.45, 2.75) is 76.0 Å². The Balaban J connectivity index is 1.79. The number of anilines is 1. The SMILES string of the molecule is CC1CCCN1C(=O)c1nc(C(=O)NCC(C)(C)O)sc1-c1cnc(NC2(C(F)(F)F)CC2)cc1C(F)(F)F. The van der Waals surface area contributed by atoms with Crippen LogP contribution in [0.25, 0.3) is 10.4 Å². The summed E-state index contributed by atoms with van der Waals surface area (Å²) in [5.41, 5.74) is -5.92. The molecule has 1 aliphatic heterocycles. The number of hydrogen-bond donors (Lipinski definition) is 3. The molecule has 4 rings (SSSR count). The van der Waals surface area contributed by atoms with Crippen molar-refractivity contribution in [3.63, 3.8) is 0 Å². The van der Waals surface area contributed by atoms with E-state index in [0.29, 0.717) is 36.8 Å². The van der Waals surface area contributed by atoms with E-state index in [1.165, 1.54) is 18.7 Å². The van der Waals surface area contributed by atoms with Crippen molar-refractivity contribution in [1.29, 1.82) is 0 Å². The zero-order valence-corrected chi connectivity index (χ0v) is 22.1. The molecule has 15 heteroatoms. The maximum absolute atomic E-state index is 14.2. The lowest BCUT2D eigenvalue weighted by molar-refractivity contribution is -0.151. The first-order valence-electron chi connectivity index (χ1n) is 12.2. The molecule has 8 nitrogen and oxygen atoms in total. The van der Waals surface area contributed by atoms with Gasteiger partial charge in [-0.05, 0) is 52.5 Å². The topological polar surface area (TPSA) is 107 Å². The molecule has 1 saturated carbocycles. The summed E-state index contributed by atoms with van der Waals surface area (Å²) in [7, 11) is 0. The Bertz CT molecular complexity index is 1270. The van der Waals surface area contributed by atoms with Crippen LogP contribution in [-0.4, -0.2) is 68.2 Å². The highest BCUT2D eigenvalue weighted by Gasteiger charge is 2.63. The minimum absolute atomic E-state index is 0.191. The summed E-state index contributed by atoms with van der Waals surface area (Å²) < 4.78 is 82.8. The van der Waals surface area contributed by atoms with E-state index < -0.39 is 52.3 Å². The van der Waals surface area contributed by atoms with Crippen LogP contribution in [0, 0.1) is 0 Å². The number of nitrogens with zero attached hydrogens (tertiary/aromatic N) is 3. The predicted octanol–water partition coefficient (Wildman–Crippen LogP) is 4.86. The highest BCUT2D eigenvalue weighted by Crippen LogP contribution is 2.51. The number of rotatable bonds is 7. The third-order valence-corrected chi connectivity index (χ3v) is 7.72. The fourth-order valence-corrected chi connectivity index (χ4v) is 5.27. The Labute approximate surface area is 223 Å². The van der Waals surface area contributed by atoms with E-state index >= 15 is 0 Å². The van der Waals surface area contributed by atoms with Crippen LogP contribution in [0.1, 0.15) is 72.3 Å². The molecular weight excluding hydrogens is 552 g/mol. The zero-order valence-electron chi connectivity index (χ0n) is 21.3. The Morgan fingerprint density at radius 1 is 1.21 bits per heavy atom. The summed E-state index contributed by atoms with van der Waals surface area (Å²) in [5, 5.41) is 14.1. The predicted molar refractivity (Wildman–Crippen MR) is 130 cm³/mol. The average Bonchev–Trinajstić information content (AvgIpc) is 3.28. The van der Waals surface area contributed by atoms with Gasteiger partial charge in [-0.15, -0.1) is 11.3 Å². The van der Waals surface area contributed by atoms with E-state index in [1.54, 1.807) is 6.92 Å². The van der Waals surface area contributed by atoms with Gasteiger partial charge < -0.3 is 20.6 Å². The Hall–Kier alpha value is -2.94. The smallest absolute Gasteiger partial charge is 0.389 e. The normalized spacial score (nSPS) is 19.2. The second-order valence-corrected chi connectivity index (χ2v) is 11.5. The molecule has 0 spiro atoms. The molecule has 1 saturated heterocycles. The number of thiazole rings is 1. The quantitative estimate of drug-likeness (QED) is 0.405. The van der Waals surface area contributed by atoms with E-state index in [2.05, 4.69) is 20.6 Å². The Morgan fingerprint density at radius 3 is 2.38 bits per heavy atom. The lowest BCUT2D eigenvalue weighted by Crippen LogP contribution is -2.39. The summed E-state index contributed by atoms with van der Waals surface area (Å²) in [5.74, 6) is -2.09. The van der Waals surface area contributed by atoms with Gasteiger partial charge in [-0.2, -0.15) is 26.3 Å². The van der Waals surface area contributed by atoms with E-state index in [-0.39, 0.29) is 41.0 Å². The molecule has 2 aromatic rings. The van der Waals surface area contributed by atoms with Crippen LogP contribution < -0.4 is 10.6 Å². The molecule has 2 aromatic heterocycles. The highest BCUT2D eigenvalue weighted by molar-refractivity contribution is 7.17. The maximum atomic E-state index is 14.2. The van der Waals surface area contributed by atoms with Crippen molar-refractivity contribution < 1.29 is 41.0 Å². The summed E-state index contributed by atoms with van der Waals surface area (Å²) in [6.07, 6.45) is -8.20. The van der Waals surface area contributed by atoms with Gasteiger partial charge in [0, 0.05) is 30.9 Å². The molecule has 0 radical (unpaired) electrons. The fourth-order valence-electron chi connectivity index (χ4n) is 4.28. The van der Waals surface area contributed by atoms with Crippen LogP contribution in [0.3, 0.4) is 0 Å². The number of aromatic nitrogens is 2. The number of hydrogen-bond acceptors (Lipinski definition) is 7. The molecule has 2 amide bonds. The lowest BCUT2D eigenvalue weighted by atomic mass is 10.1. The minimum atomic E-state index is -5.03. The van der Waals surface area contributed by atoms with Crippen LogP contribution in [0.5, 0.6) is 0 Å². The third-order valence-electron chi connectivity index (χ3n) is 6.63. The molecule has 0 aromatic carbocycles. The Morgan fingerprint density at radius 2 is 1.87 bits per heavy atom. The average molecular weight is 580 g/mol. The molecule has 1 atom stereocenters. The van der Waals surface area contributed by atoms with Gasteiger partial charge >= 0.3 is 12.4 Å². The molecular formula is C24H27F6N5O3S. The van der Waals surface area contributed by atoms with Crippen molar-refractivity contribution in [3.8, 4) is 10.4 Å². The van der Waals surface area contributed by atoms with Gasteiger partial charge in [-0.25, -0.2) is 9.97 Å². The summed E-state index contributed by atoms with van der Waals surface area (Å²) in [6.45, 7) is 4.82. The number of likely N-dealkylation sites (tertiary alicyclic amines) is 1. The van der Waals surface area contributed by atoms with Crippen LogP contribution in [0.2, 0.25) is 0 Å². The van der Waals surface area contributed by atoms with Crippen LogP contribution in [0.15, 0.2) is 12.3 Å². The first kappa shape index (κ1) is 29.1. The minimum Gasteiger partial charge on any atom is -0.389 e. The van der Waals surface area contributed by atoms with Gasteiger partial charge in [0.25, 0.3) is 11.8 Å². The number of pyridine rings is 1. The molecule has 2 aliphatic rings. The fraction of sp³-hybridized carbons (Fsp3) is 0.583. The zero-order chi connectivity index (χ0) is 29.0. The second kappa shape index (κ2) is 9.91. The standard InChI is InChI=1S/C24H27F6N5O3S/c1-12-5-4-8-35(12)20(37)16-17(39-19(33-16)18(36)32-11-21(2,3)38)13-10-31-15(9-14(13)23(25,26)27)34-22(6-7-22)24(28,29)30/h9-10,12,38H,4-8,11H2,1-3H3,(H,31,34)(H,32,36). The van der Waals surface area contributed by atoms with Gasteiger partial charge in [-0.1, -0.05) is 0 Å². The van der Waals surface area contributed by atoms with Gasteiger partial charge in [0.15, 0.2) is 5.01 Å². The van der Waals surface area contributed by atoms with Crippen LogP contribution >= 0.6 is 11.3 Å². The first-order chi connectivity index (χ1) is 17.9. The first-order valence-corrected chi connectivity index (χ1v) is 13.0. The molecule has 0 bridgehead atoms. The molecule has 214 valence electrons. The number of halogens is 6. The van der Waals surface area contributed by atoms with E-state index in [0.717, 1.165) is 6.20 Å². The summed E-state index contributed by atoms with van der Waals surface area (Å²) >= 11 is 0.533. The molecule has 1 aliphatic carbocycles. The number of carbonyl (C=O) groups excluding carboxylic acids is 2. The number of amides is 2. The van der Waals surface area contributed by atoms with E-state index in [1.807, 2.05) is 0 Å². The summed E-state index contributed by atoms with van der Waals surface area (Å²) in [4.78, 5) is 35.2. The number of alkyl halides is 6. The number of carbonyl (C=O) groups is 2. The lowest BCUT2D eigenvalue weighted by Gasteiger charge is -2.23. The van der Waals surface area contributed by atoms with Crippen molar-refractivity contribution >= 4 is 29.0 Å². The maximum Gasteiger partial charge on any atom is 0.417 e. The van der Waals surface area contributed by atoms with Gasteiger partial charge in [0.2, 0.25) is 0 Å². The molecule has 1 unspecified atom stereocenters. The van der Waals surface area contributed by atoms with Crippen LogP contribution in [0.4, 0.5) is 32.2 Å². The highest BCUT2D eigenvalue weighted by atomic mass is 32.1. The van der Waals surface area contributed by atoms with Gasteiger partial charge in [-0.3, -0.25) is 9.59 Å². The molecule has 3 heterocycles. The largest absolute Gasteiger partial charge is 0.417 e. The monoisotopic (exact) mass is 579 g/mol. The van der Waals surface area contributed by atoms with E-state index in [4.69, 9.17) is 0 Å². The summed E-state index contributed by atoms with van der Waals surface area (Å²) in [6, 6.07) is 0.269. The van der Waals surface area contributed by atoms with E-state index in [9.17, 15) is 41.0 Å². The van der Waals surface area contributed by atoms with Crippen LogP contribution in [-0.2, 0) is 6.18 Å². The third kappa shape index (κ3) is 6.13.